The fourth-order valence-electron chi connectivity index (χ4n) is 2.15. The van der Waals surface area contributed by atoms with E-state index in [1.54, 1.807) is 23.1 Å². The third-order valence-electron chi connectivity index (χ3n) is 3.25. The standard InChI is InChI=1S/C13H20N4O2/c14-4-3-10-8-17(5-6-19-10)13(18)9-1-2-11(15)12(16)7-9/h1-2,7,10H,3-6,8,14-16H2. The van der Waals surface area contributed by atoms with Gasteiger partial charge in [0.05, 0.1) is 24.1 Å². The van der Waals surface area contributed by atoms with Crippen molar-refractivity contribution in [2.24, 2.45) is 5.73 Å². The van der Waals surface area contributed by atoms with Gasteiger partial charge >= 0.3 is 0 Å². The van der Waals surface area contributed by atoms with Crippen molar-refractivity contribution in [3.8, 4) is 0 Å². The summed E-state index contributed by atoms with van der Waals surface area (Å²) < 4.78 is 5.56. The lowest BCUT2D eigenvalue weighted by atomic mass is 10.1. The minimum atomic E-state index is -0.0444. The first kappa shape index (κ1) is 13.6. The minimum absolute atomic E-state index is 0.0221. The molecule has 0 bridgehead atoms. The number of nitrogens with two attached hydrogens (primary N) is 3. The number of nitrogen functional groups attached to an aromatic ring is 2. The Kier molecular flexibility index (Phi) is 4.24. The molecule has 0 aliphatic carbocycles. The van der Waals surface area contributed by atoms with Crippen LogP contribution in [0.25, 0.3) is 0 Å². The maximum absolute atomic E-state index is 12.4. The second-order valence-electron chi connectivity index (χ2n) is 4.67. The van der Waals surface area contributed by atoms with E-state index >= 15 is 0 Å². The maximum Gasteiger partial charge on any atom is 0.254 e. The lowest BCUT2D eigenvalue weighted by Gasteiger charge is -2.33. The third-order valence-corrected chi connectivity index (χ3v) is 3.25. The van der Waals surface area contributed by atoms with Crippen LogP contribution in [0.4, 0.5) is 11.4 Å². The monoisotopic (exact) mass is 264 g/mol. The molecule has 104 valence electrons. The number of amides is 1. The number of hydrogen-bond acceptors (Lipinski definition) is 5. The van der Waals surface area contributed by atoms with Crippen LogP contribution in [0.15, 0.2) is 18.2 Å². The van der Waals surface area contributed by atoms with E-state index in [-0.39, 0.29) is 12.0 Å². The lowest BCUT2D eigenvalue weighted by molar-refractivity contribution is -0.0236. The van der Waals surface area contributed by atoms with Gasteiger partial charge in [-0.3, -0.25) is 4.79 Å². The van der Waals surface area contributed by atoms with E-state index in [0.717, 1.165) is 6.42 Å². The number of carbonyl (C=O) groups is 1. The molecule has 1 atom stereocenters. The van der Waals surface area contributed by atoms with Gasteiger partial charge in [0.2, 0.25) is 0 Å². The first-order chi connectivity index (χ1) is 9.11. The van der Waals surface area contributed by atoms with Gasteiger partial charge < -0.3 is 26.8 Å². The number of morpholine rings is 1. The van der Waals surface area contributed by atoms with Crippen molar-refractivity contribution in [1.82, 2.24) is 4.90 Å². The molecule has 2 rings (SSSR count). The van der Waals surface area contributed by atoms with Gasteiger partial charge in [-0.25, -0.2) is 0 Å². The number of nitrogens with zero attached hydrogens (tertiary/aromatic N) is 1. The number of rotatable bonds is 3. The van der Waals surface area contributed by atoms with Crippen LogP contribution in [0.5, 0.6) is 0 Å². The zero-order valence-corrected chi connectivity index (χ0v) is 10.8. The minimum Gasteiger partial charge on any atom is -0.397 e. The normalized spacial score (nSPS) is 19.4. The quantitative estimate of drug-likeness (QED) is 0.668. The molecular formula is C13H20N4O2. The van der Waals surface area contributed by atoms with Gasteiger partial charge in [0.1, 0.15) is 0 Å². The number of anilines is 2. The summed E-state index contributed by atoms with van der Waals surface area (Å²) in [5.74, 6) is -0.0444. The molecule has 0 saturated carbocycles. The molecule has 1 aliphatic rings. The molecule has 1 amide bonds. The van der Waals surface area contributed by atoms with E-state index in [4.69, 9.17) is 21.9 Å². The molecule has 1 saturated heterocycles. The van der Waals surface area contributed by atoms with E-state index in [1.807, 2.05) is 0 Å². The molecule has 1 unspecified atom stereocenters. The van der Waals surface area contributed by atoms with Crippen LogP contribution in [0.1, 0.15) is 16.8 Å². The highest BCUT2D eigenvalue weighted by atomic mass is 16.5. The SMILES string of the molecule is NCCC1CN(C(=O)c2ccc(N)c(N)c2)CCO1. The molecule has 1 aromatic rings. The summed E-state index contributed by atoms with van der Waals surface area (Å²) in [4.78, 5) is 14.1. The average Bonchev–Trinajstić information content (AvgIpc) is 2.42. The summed E-state index contributed by atoms with van der Waals surface area (Å²) in [5, 5.41) is 0. The van der Waals surface area contributed by atoms with Crippen LogP contribution in [0.3, 0.4) is 0 Å². The van der Waals surface area contributed by atoms with Crippen molar-refractivity contribution in [2.45, 2.75) is 12.5 Å². The van der Waals surface area contributed by atoms with Crippen molar-refractivity contribution < 1.29 is 9.53 Å². The molecule has 0 spiro atoms. The molecule has 6 N–H and O–H groups in total. The Morgan fingerprint density at radius 3 is 2.84 bits per heavy atom. The molecule has 19 heavy (non-hydrogen) atoms. The second kappa shape index (κ2) is 5.90. The summed E-state index contributed by atoms with van der Waals surface area (Å²) in [6.45, 7) is 2.26. The van der Waals surface area contributed by atoms with Gasteiger partial charge in [-0.1, -0.05) is 0 Å². The van der Waals surface area contributed by atoms with Crippen molar-refractivity contribution >= 4 is 17.3 Å². The topological polar surface area (TPSA) is 108 Å². The Morgan fingerprint density at radius 2 is 2.16 bits per heavy atom. The first-order valence-corrected chi connectivity index (χ1v) is 6.37. The van der Waals surface area contributed by atoms with E-state index in [1.165, 1.54) is 0 Å². The Bertz CT molecular complexity index is 462. The van der Waals surface area contributed by atoms with Crippen molar-refractivity contribution in [3.63, 3.8) is 0 Å². The summed E-state index contributed by atoms with van der Waals surface area (Å²) in [6, 6.07) is 4.97. The molecule has 1 aromatic carbocycles. The Morgan fingerprint density at radius 1 is 1.37 bits per heavy atom. The Hall–Kier alpha value is -1.79. The van der Waals surface area contributed by atoms with E-state index in [9.17, 15) is 4.79 Å². The zero-order chi connectivity index (χ0) is 13.8. The fraction of sp³-hybridized carbons (Fsp3) is 0.462. The maximum atomic E-state index is 12.4. The molecule has 6 heteroatoms. The second-order valence-corrected chi connectivity index (χ2v) is 4.67. The highest BCUT2D eigenvalue weighted by Gasteiger charge is 2.24. The van der Waals surface area contributed by atoms with Crippen LogP contribution in [0.2, 0.25) is 0 Å². The summed E-state index contributed by atoms with van der Waals surface area (Å²) in [6.07, 6.45) is 0.780. The highest BCUT2D eigenvalue weighted by molar-refractivity contribution is 5.96. The third kappa shape index (κ3) is 3.15. The number of ether oxygens (including phenoxy) is 1. The van der Waals surface area contributed by atoms with Crippen LogP contribution in [-0.2, 0) is 4.74 Å². The summed E-state index contributed by atoms with van der Waals surface area (Å²) in [5.41, 5.74) is 18.4. The number of carbonyl (C=O) groups excluding carboxylic acids is 1. The van der Waals surface area contributed by atoms with Gasteiger partial charge in [-0.2, -0.15) is 0 Å². The fourth-order valence-corrected chi connectivity index (χ4v) is 2.15. The average molecular weight is 264 g/mol. The van der Waals surface area contributed by atoms with Crippen molar-refractivity contribution in [2.75, 3.05) is 37.7 Å². The predicted octanol–water partition coefficient (Wildman–Crippen LogP) is 0.0408. The van der Waals surface area contributed by atoms with Crippen LogP contribution in [-0.4, -0.2) is 43.2 Å². The van der Waals surface area contributed by atoms with Gasteiger partial charge in [-0.05, 0) is 31.2 Å². The largest absolute Gasteiger partial charge is 0.397 e. The Labute approximate surface area is 112 Å². The molecule has 1 fully saturated rings. The zero-order valence-electron chi connectivity index (χ0n) is 10.8. The van der Waals surface area contributed by atoms with Crippen molar-refractivity contribution in [3.05, 3.63) is 23.8 Å². The summed E-state index contributed by atoms with van der Waals surface area (Å²) >= 11 is 0. The van der Waals surface area contributed by atoms with Crippen LogP contribution >= 0.6 is 0 Å². The number of hydrogen-bond donors (Lipinski definition) is 3. The van der Waals surface area contributed by atoms with Gasteiger partial charge in [0.15, 0.2) is 0 Å². The predicted molar refractivity (Wildman–Crippen MR) is 74.6 cm³/mol. The highest BCUT2D eigenvalue weighted by Crippen LogP contribution is 2.18. The van der Waals surface area contributed by atoms with Crippen LogP contribution in [0, 0.1) is 0 Å². The van der Waals surface area contributed by atoms with Crippen LogP contribution < -0.4 is 17.2 Å². The van der Waals surface area contributed by atoms with Gasteiger partial charge in [0, 0.05) is 18.7 Å². The molecule has 1 aliphatic heterocycles. The van der Waals surface area contributed by atoms with Crippen molar-refractivity contribution in [1.29, 1.82) is 0 Å². The smallest absolute Gasteiger partial charge is 0.254 e. The van der Waals surface area contributed by atoms with Gasteiger partial charge in [-0.15, -0.1) is 0 Å². The van der Waals surface area contributed by atoms with E-state index < -0.39 is 0 Å². The van der Waals surface area contributed by atoms with E-state index in [0.29, 0.717) is 43.2 Å². The first-order valence-electron chi connectivity index (χ1n) is 6.37. The Balaban J connectivity index is 2.08. The van der Waals surface area contributed by atoms with Gasteiger partial charge in [0.25, 0.3) is 5.91 Å². The van der Waals surface area contributed by atoms with E-state index in [2.05, 4.69) is 0 Å². The summed E-state index contributed by atoms with van der Waals surface area (Å²) in [7, 11) is 0. The molecule has 0 aromatic heterocycles. The lowest BCUT2D eigenvalue weighted by Crippen LogP contribution is -2.46. The molecular weight excluding hydrogens is 244 g/mol. The number of benzene rings is 1. The molecule has 1 heterocycles. The molecule has 6 nitrogen and oxygen atoms in total. The molecule has 0 radical (unpaired) electrons.